The van der Waals surface area contributed by atoms with Crippen LogP contribution in [0.5, 0.6) is 0 Å². The zero-order chi connectivity index (χ0) is 7.82. The molecular weight excluding hydrogens is 120 g/mol. The van der Waals surface area contributed by atoms with Crippen LogP contribution >= 0.6 is 0 Å². The lowest BCUT2D eigenvalue weighted by Crippen LogP contribution is -1.74. The van der Waals surface area contributed by atoms with Crippen molar-refractivity contribution in [3.05, 3.63) is 37.0 Å². The summed E-state index contributed by atoms with van der Waals surface area (Å²) < 4.78 is 0. The lowest BCUT2D eigenvalue weighted by Gasteiger charge is -1.88. The highest BCUT2D eigenvalue weighted by Gasteiger charge is 1.78. The van der Waals surface area contributed by atoms with Gasteiger partial charge in [0.25, 0.3) is 0 Å². The third kappa shape index (κ3) is 7.22. The van der Waals surface area contributed by atoms with Gasteiger partial charge in [-0.25, -0.2) is 0 Å². The zero-order valence-electron chi connectivity index (χ0n) is 6.88. The van der Waals surface area contributed by atoms with Crippen LogP contribution in [0.3, 0.4) is 0 Å². The maximum absolute atomic E-state index is 3.62. The van der Waals surface area contributed by atoms with Crippen LogP contribution in [0, 0.1) is 5.92 Å². The minimum Gasteiger partial charge on any atom is -0.103 e. The van der Waals surface area contributed by atoms with Crippen molar-refractivity contribution >= 4 is 0 Å². The first kappa shape index (κ1) is 9.22. The highest BCUT2D eigenvalue weighted by Crippen LogP contribution is 1.93. The Bertz CT molecular complexity index is 127. The molecule has 0 bridgehead atoms. The Morgan fingerprint density at radius 2 is 2.00 bits per heavy atom. The fourth-order valence-corrected chi connectivity index (χ4v) is 0.540. The van der Waals surface area contributed by atoms with Crippen LogP contribution < -0.4 is 0 Å². The van der Waals surface area contributed by atoms with E-state index in [2.05, 4.69) is 44.7 Å². The average molecular weight is 136 g/mol. The predicted molar refractivity (Wildman–Crippen MR) is 47.9 cm³/mol. The first-order valence-electron chi connectivity index (χ1n) is 3.71. The Morgan fingerprint density at radius 1 is 1.30 bits per heavy atom. The van der Waals surface area contributed by atoms with E-state index in [1.54, 1.807) is 0 Å². The molecule has 0 aromatic heterocycles. The quantitative estimate of drug-likeness (QED) is 0.411. The van der Waals surface area contributed by atoms with E-state index in [0.29, 0.717) is 5.92 Å². The van der Waals surface area contributed by atoms with Crippen LogP contribution in [0.15, 0.2) is 37.0 Å². The molecule has 0 unspecified atom stereocenters. The SMILES string of the molecule is C=CC/C=C\C=C/C(C)C. The van der Waals surface area contributed by atoms with E-state index in [-0.39, 0.29) is 0 Å². The van der Waals surface area contributed by atoms with E-state index in [4.69, 9.17) is 0 Å². The highest BCUT2D eigenvalue weighted by atomic mass is 13.8. The molecule has 0 aromatic carbocycles. The number of allylic oxidation sites excluding steroid dienone is 5. The second-order valence-corrected chi connectivity index (χ2v) is 2.58. The van der Waals surface area contributed by atoms with Crippen molar-refractivity contribution in [1.29, 1.82) is 0 Å². The number of hydrogen-bond donors (Lipinski definition) is 0. The van der Waals surface area contributed by atoms with Gasteiger partial charge in [-0.05, 0) is 12.3 Å². The van der Waals surface area contributed by atoms with Gasteiger partial charge in [0.05, 0.1) is 0 Å². The van der Waals surface area contributed by atoms with Gasteiger partial charge in [-0.2, -0.15) is 0 Å². The van der Waals surface area contributed by atoms with Gasteiger partial charge in [0.2, 0.25) is 0 Å². The summed E-state index contributed by atoms with van der Waals surface area (Å²) in [5, 5.41) is 0. The molecule has 0 aliphatic rings. The van der Waals surface area contributed by atoms with Crippen molar-refractivity contribution in [2.24, 2.45) is 5.92 Å². The van der Waals surface area contributed by atoms with Crippen molar-refractivity contribution in [2.75, 3.05) is 0 Å². The van der Waals surface area contributed by atoms with E-state index in [0.717, 1.165) is 6.42 Å². The van der Waals surface area contributed by atoms with Crippen LogP contribution in [0.4, 0.5) is 0 Å². The Balaban J connectivity index is 3.41. The summed E-state index contributed by atoms with van der Waals surface area (Å²) in [7, 11) is 0. The molecule has 0 atom stereocenters. The summed E-state index contributed by atoms with van der Waals surface area (Å²) >= 11 is 0. The van der Waals surface area contributed by atoms with Gasteiger partial charge in [0.15, 0.2) is 0 Å². The Kier molecular flexibility index (Phi) is 5.85. The third-order valence-corrected chi connectivity index (χ3v) is 1.05. The van der Waals surface area contributed by atoms with Crippen molar-refractivity contribution in [1.82, 2.24) is 0 Å². The smallest absolute Gasteiger partial charge is 0.0169 e. The van der Waals surface area contributed by atoms with Gasteiger partial charge < -0.3 is 0 Å². The van der Waals surface area contributed by atoms with Crippen LogP contribution in [0.1, 0.15) is 20.3 Å². The van der Waals surface area contributed by atoms with Crippen molar-refractivity contribution in [3.63, 3.8) is 0 Å². The summed E-state index contributed by atoms with van der Waals surface area (Å²) in [6.07, 6.45) is 11.2. The summed E-state index contributed by atoms with van der Waals surface area (Å²) in [6, 6.07) is 0. The molecule has 10 heavy (non-hydrogen) atoms. The molecule has 0 fully saturated rings. The summed E-state index contributed by atoms with van der Waals surface area (Å²) in [5.41, 5.74) is 0. The van der Waals surface area contributed by atoms with E-state index >= 15 is 0 Å². The molecule has 0 saturated carbocycles. The van der Waals surface area contributed by atoms with Crippen LogP contribution in [0.25, 0.3) is 0 Å². The van der Waals surface area contributed by atoms with E-state index < -0.39 is 0 Å². The average Bonchev–Trinajstić information content (AvgIpc) is 1.87. The van der Waals surface area contributed by atoms with Crippen molar-refractivity contribution < 1.29 is 0 Å². The Labute approximate surface area is 64.0 Å². The molecule has 0 heterocycles. The van der Waals surface area contributed by atoms with Crippen molar-refractivity contribution in [3.8, 4) is 0 Å². The molecule has 0 aliphatic heterocycles. The zero-order valence-corrected chi connectivity index (χ0v) is 6.88. The normalized spacial score (nSPS) is 11.9. The largest absolute Gasteiger partial charge is 0.103 e. The standard InChI is InChI=1S/C10H16/c1-4-5-6-7-8-9-10(2)3/h4,6-10H,1,5H2,2-3H3/b7-6-,9-8-. The fraction of sp³-hybridized carbons (Fsp3) is 0.400. The predicted octanol–water partition coefficient (Wildman–Crippen LogP) is 3.33. The van der Waals surface area contributed by atoms with Crippen LogP contribution in [0.2, 0.25) is 0 Å². The molecule has 0 aromatic rings. The second kappa shape index (κ2) is 6.34. The van der Waals surface area contributed by atoms with Gasteiger partial charge in [-0.1, -0.05) is 44.2 Å². The lowest BCUT2D eigenvalue weighted by atomic mass is 10.2. The number of rotatable bonds is 4. The molecule has 0 saturated heterocycles. The maximum atomic E-state index is 3.62. The topological polar surface area (TPSA) is 0 Å². The second-order valence-electron chi connectivity index (χ2n) is 2.58. The van der Waals surface area contributed by atoms with Crippen LogP contribution in [-0.4, -0.2) is 0 Å². The number of hydrogen-bond acceptors (Lipinski definition) is 0. The Morgan fingerprint density at radius 3 is 2.50 bits per heavy atom. The molecule has 0 amide bonds. The molecule has 0 N–H and O–H groups in total. The molecule has 0 heteroatoms. The summed E-state index contributed by atoms with van der Waals surface area (Å²) in [5.74, 6) is 0.647. The summed E-state index contributed by atoms with van der Waals surface area (Å²) in [4.78, 5) is 0. The van der Waals surface area contributed by atoms with Gasteiger partial charge in [-0.15, -0.1) is 6.58 Å². The molecule has 0 rings (SSSR count). The van der Waals surface area contributed by atoms with E-state index in [1.807, 2.05) is 6.08 Å². The lowest BCUT2D eigenvalue weighted by molar-refractivity contribution is 0.832. The molecule has 0 spiro atoms. The van der Waals surface area contributed by atoms with Gasteiger partial charge >= 0.3 is 0 Å². The first-order chi connectivity index (χ1) is 4.77. The summed E-state index contributed by atoms with van der Waals surface area (Å²) in [6.45, 7) is 7.95. The van der Waals surface area contributed by atoms with Gasteiger partial charge in [0.1, 0.15) is 0 Å². The first-order valence-corrected chi connectivity index (χ1v) is 3.71. The van der Waals surface area contributed by atoms with Gasteiger partial charge in [0, 0.05) is 0 Å². The maximum Gasteiger partial charge on any atom is -0.0169 e. The minimum absolute atomic E-state index is 0.647. The van der Waals surface area contributed by atoms with E-state index in [9.17, 15) is 0 Å². The molecular formula is C10H16. The minimum atomic E-state index is 0.647. The highest BCUT2D eigenvalue weighted by molar-refractivity contribution is 5.04. The molecule has 0 radical (unpaired) electrons. The van der Waals surface area contributed by atoms with E-state index in [1.165, 1.54) is 0 Å². The van der Waals surface area contributed by atoms with Crippen LogP contribution in [-0.2, 0) is 0 Å². The van der Waals surface area contributed by atoms with Gasteiger partial charge in [-0.3, -0.25) is 0 Å². The fourth-order valence-electron chi connectivity index (χ4n) is 0.540. The molecule has 0 aliphatic carbocycles. The Hall–Kier alpha value is -0.780. The van der Waals surface area contributed by atoms with Crippen molar-refractivity contribution in [2.45, 2.75) is 20.3 Å². The third-order valence-electron chi connectivity index (χ3n) is 1.05. The molecule has 0 nitrogen and oxygen atoms in total. The monoisotopic (exact) mass is 136 g/mol. The molecule has 56 valence electrons.